The molecule has 0 amide bonds. The first-order chi connectivity index (χ1) is 22.3. The van der Waals surface area contributed by atoms with Crippen LogP contribution >= 0.6 is 0 Å². The molecule has 0 unspecified atom stereocenters. The van der Waals surface area contributed by atoms with Crippen LogP contribution in [0.3, 0.4) is 0 Å². The van der Waals surface area contributed by atoms with Crippen molar-refractivity contribution in [2.75, 3.05) is 0 Å². The fourth-order valence-electron chi connectivity index (χ4n) is 7.01. The molecule has 4 aromatic carbocycles. The number of benzene rings is 4. The van der Waals surface area contributed by atoms with Crippen molar-refractivity contribution < 1.29 is 4.74 Å². The van der Waals surface area contributed by atoms with Crippen molar-refractivity contribution in [2.45, 2.75) is 155 Å². The van der Waals surface area contributed by atoms with Gasteiger partial charge in [-0.1, -0.05) is 190 Å². The Labute approximate surface area is 276 Å². The maximum Gasteiger partial charge on any atom is 0.135 e. The molecule has 0 aliphatic heterocycles. The van der Waals surface area contributed by atoms with E-state index in [4.69, 9.17) is 4.74 Å². The lowest BCUT2D eigenvalue weighted by molar-refractivity contribution is 0.493. The van der Waals surface area contributed by atoms with E-state index in [-0.39, 0.29) is 0 Å². The summed E-state index contributed by atoms with van der Waals surface area (Å²) in [4.78, 5) is 0. The van der Waals surface area contributed by atoms with Gasteiger partial charge in [-0.05, 0) is 59.7 Å². The highest BCUT2D eigenvalue weighted by Crippen LogP contribution is 2.37. The van der Waals surface area contributed by atoms with Crippen LogP contribution in [0.2, 0.25) is 0 Å². The lowest BCUT2D eigenvalue weighted by Gasteiger charge is -2.15. The molecule has 0 fully saturated rings. The Morgan fingerprint density at radius 2 is 0.644 bits per heavy atom. The van der Waals surface area contributed by atoms with Gasteiger partial charge < -0.3 is 4.74 Å². The molecule has 0 N–H and O–H groups in total. The molecule has 0 aromatic heterocycles. The first-order valence-electron chi connectivity index (χ1n) is 19.0. The topological polar surface area (TPSA) is 9.23 Å². The van der Waals surface area contributed by atoms with Gasteiger partial charge in [-0.25, -0.2) is 0 Å². The Morgan fingerprint density at radius 3 is 1.00 bits per heavy atom. The summed E-state index contributed by atoms with van der Waals surface area (Å²) in [6, 6.07) is 26.7. The molecular formula is C44H62O. The van der Waals surface area contributed by atoms with Crippen molar-refractivity contribution in [1.29, 1.82) is 0 Å². The molecule has 244 valence electrons. The van der Waals surface area contributed by atoms with Gasteiger partial charge in [0.1, 0.15) is 11.5 Å². The zero-order chi connectivity index (χ0) is 31.4. The van der Waals surface area contributed by atoms with E-state index in [1.807, 2.05) is 0 Å². The Balaban J connectivity index is 1.30. The fourth-order valence-corrected chi connectivity index (χ4v) is 7.01. The van der Waals surface area contributed by atoms with Crippen LogP contribution in [-0.4, -0.2) is 0 Å². The van der Waals surface area contributed by atoms with E-state index < -0.39 is 0 Å². The van der Waals surface area contributed by atoms with Crippen LogP contribution in [0.5, 0.6) is 11.5 Å². The summed E-state index contributed by atoms with van der Waals surface area (Å²) in [5.41, 5.74) is 2.91. The second-order valence-electron chi connectivity index (χ2n) is 13.5. The molecule has 0 atom stereocenters. The molecular weight excluding hydrogens is 544 g/mol. The van der Waals surface area contributed by atoms with Gasteiger partial charge in [0.25, 0.3) is 0 Å². The molecule has 0 saturated heterocycles. The predicted octanol–water partition coefficient (Wildman–Crippen LogP) is 14.7. The van der Waals surface area contributed by atoms with E-state index in [9.17, 15) is 0 Å². The minimum Gasteiger partial charge on any atom is -0.456 e. The van der Waals surface area contributed by atoms with E-state index in [1.165, 1.54) is 161 Å². The van der Waals surface area contributed by atoms with Gasteiger partial charge in [0.15, 0.2) is 0 Å². The molecule has 0 aliphatic carbocycles. The second kappa shape index (κ2) is 21.1. The third-order valence-corrected chi connectivity index (χ3v) is 9.77. The van der Waals surface area contributed by atoms with Gasteiger partial charge >= 0.3 is 0 Å². The number of hydrogen-bond donors (Lipinski definition) is 0. The van der Waals surface area contributed by atoms with E-state index >= 15 is 0 Å². The average molecular weight is 607 g/mol. The van der Waals surface area contributed by atoms with Crippen molar-refractivity contribution in [3.63, 3.8) is 0 Å². The molecule has 0 bridgehead atoms. The molecule has 4 rings (SSSR count). The van der Waals surface area contributed by atoms with Crippen LogP contribution in [0, 0.1) is 0 Å². The molecule has 0 heterocycles. The normalized spacial score (nSPS) is 11.5. The van der Waals surface area contributed by atoms with Gasteiger partial charge in [0.2, 0.25) is 0 Å². The van der Waals surface area contributed by atoms with Crippen molar-refractivity contribution in [2.24, 2.45) is 0 Å². The van der Waals surface area contributed by atoms with E-state index in [2.05, 4.69) is 86.6 Å². The van der Waals surface area contributed by atoms with Crippen molar-refractivity contribution in [3.05, 3.63) is 83.9 Å². The monoisotopic (exact) mass is 606 g/mol. The van der Waals surface area contributed by atoms with Gasteiger partial charge in [-0.3, -0.25) is 0 Å². The largest absolute Gasteiger partial charge is 0.456 e. The highest BCUT2D eigenvalue weighted by atomic mass is 16.5. The third kappa shape index (κ3) is 11.8. The number of aryl methyl sites for hydroxylation is 2. The number of hydrogen-bond acceptors (Lipinski definition) is 1. The van der Waals surface area contributed by atoms with Crippen molar-refractivity contribution in [3.8, 4) is 11.5 Å². The SMILES string of the molecule is CCCCCCCCCCCCc1ccc(Oc2ccc(CCCCCCCCCCCC)c3ccccc23)c2ccccc12. The van der Waals surface area contributed by atoms with Crippen LogP contribution < -0.4 is 4.74 Å². The molecule has 45 heavy (non-hydrogen) atoms. The minimum atomic E-state index is 0.963. The van der Waals surface area contributed by atoms with Crippen molar-refractivity contribution >= 4 is 21.5 Å². The van der Waals surface area contributed by atoms with Gasteiger partial charge in [0.05, 0.1) is 0 Å². The summed E-state index contributed by atoms with van der Waals surface area (Å²) in [6.45, 7) is 4.59. The fraction of sp³-hybridized carbons (Fsp3) is 0.545. The summed E-state index contributed by atoms with van der Waals surface area (Å²) >= 11 is 0. The standard InChI is InChI=1S/C44H62O/c1-3-5-7-9-11-13-15-17-19-21-27-37-33-35-43(41-31-25-23-29-39(37)41)45-44-36-34-38(40-30-24-26-32-42(40)44)28-22-20-18-16-14-12-10-8-6-4-2/h23-26,29-36H,3-22,27-28H2,1-2H3. The molecule has 4 aromatic rings. The lowest BCUT2D eigenvalue weighted by Crippen LogP contribution is -1.94. The first-order valence-corrected chi connectivity index (χ1v) is 19.0. The Kier molecular flexibility index (Phi) is 16.4. The zero-order valence-electron chi connectivity index (χ0n) is 28.9. The Bertz CT molecular complexity index is 1260. The van der Waals surface area contributed by atoms with Crippen molar-refractivity contribution in [1.82, 2.24) is 0 Å². The second-order valence-corrected chi connectivity index (χ2v) is 13.5. The minimum absolute atomic E-state index is 0.963. The predicted molar refractivity (Wildman–Crippen MR) is 199 cm³/mol. The quantitative estimate of drug-likeness (QED) is 0.0721. The Hall–Kier alpha value is -2.80. The van der Waals surface area contributed by atoms with E-state index in [0.717, 1.165) is 24.3 Å². The highest BCUT2D eigenvalue weighted by Gasteiger charge is 2.12. The maximum absolute atomic E-state index is 6.72. The van der Waals surface area contributed by atoms with Crippen LogP contribution in [0.15, 0.2) is 72.8 Å². The molecule has 0 spiro atoms. The number of unbranched alkanes of at least 4 members (excludes halogenated alkanes) is 18. The Morgan fingerprint density at radius 1 is 0.333 bits per heavy atom. The number of rotatable bonds is 24. The van der Waals surface area contributed by atoms with Crippen LogP contribution in [0.1, 0.15) is 153 Å². The van der Waals surface area contributed by atoms with Crippen LogP contribution in [-0.2, 0) is 12.8 Å². The van der Waals surface area contributed by atoms with Crippen LogP contribution in [0.4, 0.5) is 0 Å². The van der Waals surface area contributed by atoms with Gasteiger partial charge in [-0.2, -0.15) is 0 Å². The molecule has 0 aliphatic rings. The average Bonchev–Trinajstić information content (AvgIpc) is 3.08. The summed E-state index contributed by atoms with van der Waals surface area (Å²) in [5.74, 6) is 1.93. The zero-order valence-corrected chi connectivity index (χ0v) is 28.9. The van der Waals surface area contributed by atoms with Gasteiger partial charge in [0, 0.05) is 10.8 Å². The molecule has 0 radical (unpaired) electrons. The smallest absolute Gasteiger partial charge is 0.135 e. The molecule has 1 nitrogen and oxygen atoms in total. The molecule has 1 heteroatoms. The number of ether oxygens (including phenoxy) is 1. The highest BCUT2D eigenvalue weighted by molar-refractivity contribution is 5.94. The summed E-state index contributed by atoms with van der Waals surface area (Å²) in [5, 5.41) is 5.13. The summed E-state index contributed by atoms with van der Waals surface area (Å²) in [7, 11) is 0. The summed E-state index contributed by atoms with van der Waals surface area (Å²) < 4.78 is 6.72. The molecule has 0 saturated carbocycles. The number of fused-ring (bicyclic) bond motifs is 2. The van der Waals surface area contributed by atoms with Crippen LogP contribution in [0.25, 0.3) is 21.5 Å². The maximum atomic E-state index is 6.72. The third-order valence-electron chi connectivity index (χ3n) is 9.77. The van der Waals surface area contributed by atoms with E-state index in [0.29, 0.717) is 0 Å². The first kappa shape index (κ1) is 35.1. The van der Waals surface area contributed by atoms with E-state index in [1.54, 1.807) is 0 Å². The van der Waals surface area contributed by atoms with Gasteiger partial charge in [-0.15, -0.1) is 0 Å². The lowest BCUT2D eigenvalue weighted by atomic mass is 9.97. The summed E-state index contributed by atoms with van der Waals surface area (Å²) in [6.07, 6.45) is 29.9.